The summed E-state index contributed by atoms with van der Waals surface area (Å²) >= 11 is 0. The van der Waals surface area contributed by atoms with Gasteiger partial charge in [0.15, 0.2) is 11.6 Å². The molecule has 0 atom stereocenters. The molecule has 0 unspecified atom stereocenters. The molecule has 0 aliphatic rings. The zero-order valence-electron chi connectivity index (χ0n) is 15.2. The van der Waals surface area contributed by atoms with E-state index in [1.165, 1.54) is 6.20 Å². The van der Waals surface area contributed by atoms with Gasteiger partial charge in [-0.3, -0.25) is 0 Å². The predicted octanol–water partition coefficient (Wildman–Crippen LogP) is 2.76. The smallest absolute Gasteiger partial charge is 0.224 e. The third-order valence-electron chi connectivity index (χ3n) is 3.73. The molecule has 0 fully saturated rings. The second kappa shape index (κ2) is 8.92. The Kier molecular flexibility index (Phi) is 6.64. The van der Waals surface area contributed by atoms with Crippen LogP contribution < -0.4 is 20.5 Å². The van der Waals surface area contributed by atoms with Gasteiger partial charge in [-0.1, -0.05) is 19.8 Å². The van der Waals surface area contributed by atoms with Gasteiger partial charge >= 0.3 is 0 Å². The van der Waals surface area contributed by atoms with Gasteiger partial charge < -0.3 is 25.6 Å². The summed E-state index contributed by atoms with van der Waals surface area (Å²) in [6.07, 6.45) is 7.67. The first-order valence-corrected chi connectivity index (χ1v) is 8.33. The van der Waals surface area contributed by atoms with Crippen molar-refractivity contribution in [2.75, 3.05) is 31.3 Å². The number of hydrogen-bond donors (Lipinski definition) is 3. The fourth-order valence-corrected chi connectivity index (χ4v) is 2.34. The number of nitrogen functional groups attached to an aromatic ring is 1. The van der Waals surface area contributed by atoms with Gasteiger partial charge in [-0.15, -0.1) is 6.42 Å². The highest BCUT2D eigenvalue weighted by molar-refractivity contribution is 5.57. The van der Waals surface area contributed by atoms with Gasteiger partial charge in [0.05, 0.1) is 18.9 Å². The van der Waals surface area contributed by atoms with Gasteiger partial charge in [-0.2, -0.15) is 4.98 Å². The average Bonchev–Trinajstić information content (AvgIpc) is 2.63. The van der Waals surface area contributed by atoms with E-state index in [2.05, 4.69) is 21.2 Å². The summed E-state index contributed by atoms with van der Waals surface area (Å²) in [6, 6.07) is 3.62. The van der Waals surface area contributed by atoms with Crippen LogP contribution in [-0.4, -0.2) is 35.3 Å². The molecule has 0 radical (unpaired) electrons. The van der Waals surface area contributed by atoms with E-state index in [0.29, 0.717) is 41.7 Å². The van der Waals surface area contributed by atoms with Crippen molar-refractivity contribution >= 4 is 11.8 Å². The third kappa shape index (κ3) is 4.55. The topological polar surface area (TPSA) is 103 Å². The van der Waals surface area contributed by atoms with Crippen LogP contribution in [0.3, 0.4) is 0 Å². The van der Waals surface area contributed by atoms with E-state index in [0.717, 1.165) is 5.56 Å². The number of rotatable bonds is 8. The van der Waals surface area contributed by atoms with Gasteiger partial charge in [0, 0.05) is 24.8 Å². The van der Waals surface area contributed by atoms with Crippen LogP contribution in [0.1, 0.15) is 37.3 Å². The molecule has 0 saturated heterocycles. The van der Waals surface area contributed by atoms with Gasteiger partial charge in [-0.05, 0) is 18.4 Å². The van der Waals surface area contributed by atoms with Crippen molar-refractivity contribution in [2.24, 2.45) is 0 Å². The quantitative estimate of drug-likeness (QED) is 0.494. The van der Waals surface area contributed by atoms with Crippen LogP contribution in [0.5, 0.6) is 17.2 Å². The maximum atomic E-state index is 8.81. The van der Waals surface area contributed by atoms with Crippen LogP contribution >= 0.6 is 0 Å². The molecule has 0 aliphatic heterocycles. The molecule has 0 bridgehead atoms. The highest BCUT2D eigenvalue weighted by Gasteiger charge is 2.16. The summed E-state index contributed by atoms with van der Waals surface area (Å²) in [5.74, 6) is 4.92. The lowest BCUT2D eigenvalue weighted by atomic mass is 9.99. The second-order valence-electron chi connectivity index (χ2n) is 5.94. The molecule has 0 saturated carbocycles. The van der Waals surface area contributed by atoms with E-state index in [9.17, 15) is 0 Å². The van der Waals surface area contributed by atoms with Crippen molar-refractivity contribution in [1.82, 2.24) is 9.97 Å². The Labute approximate surface area is 153 Å². The fourth-order valence-electron chi connectivity index (χ4n) is 2.34. The Hall–Kier alpha value is -2.98. The Morgan fingerprint density at radius 3 is 2.65 bits per heavy atom. The number of nitrogens with two attached hydrogens (primary N) is 1. The number of ether oxygens (including phenoxy) is 2. The van der Waals surface area contributed by atoms with Crippen molar-refractivity contribution in [1.29, 1.82) is 0 Å². The highest BCUT2D eigenvalue weighted by atomic mass is 16.5. The lowest BCUT2D eigenvalue weighted by Crippen LogP contribution is -2.08. The average molecular weight is 356 g/mol. The zero-order valence-corrected chi connectivity index (χ0v) is 15.2. The number of nitrogens with zero attached hydrogens (tertiary/aromatic N) is 2. The summed E-state index contributed by atoms with van der Waals surface area (Å²) in [5, 5.41) is 11.8. The minimum absolute atomic E-state index is 0.0939. The molecule has 7 heteroatoms. The van der Waals surface area contributed by atoms with Gasteiger partial charge in [-0.25, -0.2) is 4.98 Å². The predicted molar refractivity (Wildman–Crippen MR) is 102 cm³/mol. The molecule has 2 aromatic rings. The fraction of sp³-hybridized carbons (Fsp3) is 0.368. The first-order chi connectivity index (χ1) is 12.5. The van der Waals surface area contributed by atoms with Crippen LogP contribution in [0.25, 0.3) is 0 Å². The van der Waals surface area contributed by atoms with Crippen LogP contribution in [0, 0.1) is 12.3 Å². The van der Waals surface area contributed by atoms with Gasteiger partial charge in [0.1, 0.15) is 11.5 Å². The molecule has 26 heavy (non-hydrogen) atoms. The lowest BCUT2D eigenvalue weighted by molar-refractivity contribution is 0.292. The Balaban J connectivity index is 2.31. The van der Waals surface area contributed by atoms with Crippen LogP contribution in [0.15, 0.2) is 18.3 Å². The van der Waals surface area contributed by atoms with Crippen molar-refractivity contribution < 1.29 is 14.6 Å². The van der Waals surface area contributed by atoms with Gasteiger partial charge in [0.25, 0.3) is 0 Å². The SMILES string of the molecule is C#Cc1cc(Oc2cnc(NCCCO)nc2N)c(C(C)C)cc1OC. The van der Waals surface area contributed by atoms with E-state index < -0.39 is 0 Å². The number of anilines is 2. The largest absolute Gasteiger partial charge is 0.495 e. The second-order valence-corrected chi connectivity index (χ2v) is 5.94. The summed E-state index contributed by atoms with van der Waals surface area (Å²) in [4.78, 5) is 8.36. The Morgan fingerprint density at radius 2 is 2.08 bits per heavy atom. The molecule has 7 nitrogen and oxygen atoms in total. The molecule has 4 N–H and O–H groups in total. The van der Waals surface area contributed by atoms with Crippen molar-refractivity contribution in [2.45, 2.75) is 26.2 Å². The number of aliphatic hydroxyl groups is 1. The summed E-state index contributed by atoms with van der Waals surface area (Å²) in [5.41, 5.74) is 7.52. The minimum atomic E-state index is 0.0939. The number of aromatic nitrogens is 2. The van der Waals surface area contributed by atoms with Crippen molar-refractivity contribution in [3.63, 3.8) is 0 Å². The molecule has 0 amide bonds. The van der Waals surface area contributed by atoms with E-state index in [-0.39, 0.29) is 18.3 Å². The molecule has 1 aromatic carbocycles. The molecule has 2 rings (SSSR count). The molecular formula is C19H24N4O3. The van der Waals surface area contributed by atoms with Crippen LogP contribution in [0.2, 0.25) is 0 Å². The van der Waals surface area contributed by atoms with Gasteiger partial charge in [0.2, 0.25) is 5.95 Å². The zero-order chi connectivity index (χ0) is 19.1. The summed E-state index contributed by atoms with van der Waals surface area (Å²) < 4.78 is 11.3. The first-order valence-electron chi connectivity index (χ1n) is 8.33. The number of methoxy groups -OCH3 is 1. The first kappa shape index (κ1) is 19.3. The minimum Gasteiger partial charge on any atom is -0.495 e. The molecule has 0 aliphatic carbocycles. The Bertz CT molecular complexity index is 800. The summed E-state index contributed by atoms with van der Waals surface area (Å²) in [7, 11) is 1.58. The highest BCUT2D eigenvalue weighted by Crippen LogP contribution is 2.37. The molecular weight excluding hydrogens is 332 g/mol. The molecule has 0 spiro atoms. The van der Waals surface area contributed by atoms with E-state index >= 15 is 0 Å². The molecule has 1 aromatic heterocycles. The van der Waals surface area contributed by atoms with Crippen LogP contribution in [0.4, 0.5) is 11.8 Å². The standard InChI is InChI=1S/C19H24N4O3/c1-5-13-9-16(14(12(2)3)10-15(13)25-4)26-17-11-22-19(23-18(17)20)21-7-6-8-24/h1,9-12,24H,6-8H2,2-4H3,(H3,20,21,22,23). The maximum absolute atomic E-state index is 8.81. The number of benzene rings is 1. The third-order valence-corrected chi connectivity index (χ3v) is 3.73. The van der Waals surface area contributed by atoms with Crippen molar-refractivity contribution in [3.8, 4) is 29.6 Å². The molecule has 138 valence electrons. The summed E-state index contributed by atoms with van der Waals surface area (Å²) in [6.45, 7) is 4.74. The van der Waals surface area contributed by atoms with Crippen molar-refractivity contribution in [3.05, 3.63) is 29.5 Å². The number of hydrogen-bond acceptors (Lipinski definition) is 7. The van der Waals surface area contributed by atoms with E-state index in [1.807, 2.05) is 19.9 Å². The van der Waals surface area contributed by atoms with E-state index in [4.69, 9.17) is 26.7 Å². The van der Waals surface area contributed by atoms with E-state index in [1.54, 1.807) is 13.2 Å². The maximum Gasteiger partial charge on any atom is 0.224 e. The normalized spacial score (nSPS) is 10.5. The Morgan fingerprint density at radius 1 is 1.31 bits per heavy atom. The van der Waals surface area contributed by atoms with Crippen LogP contribution in [-0.2, 0) is 0 Å². The molecule has 1 heterocycles. The number of terminal acetylenes is 1. The monoisotopic (exact) mass is 356 g/mol. The lowest BCUT2D eigenvalue weighted by Gasteiger charge is -2.17. The number of aliphatic hydroxyl groups excluding tert-OH is 1. The number of nitrogens with one attached hydrogen (secondary N) is 1.